The van der Waals surface area contributed by atoms with Crippen molar-refractivity contribution in [2.45, 2.75) is 38.2 Å². The third-order valence-corrected chi connectivity index (χ3v) is 3.28. The van der Waals surface area contributed by atoms with Crippen molar-refractivity contribution in [3.05, 3.63) is 29.3 Å². The van der Waals surface area contributed by atoms with E-state index < -0.39 is 17.2 Å². The molecule has 0 heterocycles. The topological polar surface area (TPSA) is 29.5 Å². The van der Waals surface area contributed by atoms with Crippen LogP contribution in [0.15, 0.2) is 12.1 Å². The minimum atomic E-state index is -1.21. The Morgan fingerprint density at radius 3 is 2.47 bits per heavy atom. The SMILES string of the molecule is CCOc1ccc(C2(O)CCCC2)c(F)c1F. The molecule has 1 fully saturated rings. The third-order valence-electron chi connectivity index (χ3n) is 3.28. The zero-order chi connectivity index (χ0) is 12.5. The van der Waals surface area contributed by atoms with Crippen molar-refractivity contribution < 1.29 is 18.6 Å². The Morgan fingerprint density at radius 2 is 1.88 bits per heavy atom. The monoisotopic (exact) mass is 242 g/mol. The van der Waals surface area contributed by atoms with Crippen LogP contribution in [-0.2, 0) is 5.60 Å². The molecule has 0 aromatic heterocycles. The summed E-state index contributed by atoms with van der Waals surface area (Å²) in [7, 11) is 0. The summed E-state index contributed by atoms with van der Waals surface area (Å²) in [5, 5.41) is 10.2. The van der Waals surface area contributed by atoms with Crippen molar-refractivity contribution in [2.24, 2.45) is 0 Å². The summed E-state index contributed by atoms with van der Waals surface area (Å²) in [5.74, 6) is -2.10. The first-order valence-electron chi connectivity index (χ1n) is 5.92. The Labute approximate surface area is 99.2 Å². The van der Waals surface area contributed by atoms with Gasteiger partial charge in [0.25, 0.3) is 0 Å². The van der Waals surface area contributed by atoms with E-state index in [2.05, 4.69) is 0 Å². The average molecular weight is 242 g/mol. The fraction of sp³-hybridized carbons (Fsp3) is 0.538. The Bertz CT molecular complexity index is 412. The highest BCUT2D eigenvalue weighted by molar-refractivity contribution is 5.34. The quantitative estimate of drug-likeness (QED) is 0.882. The maximum atomic E-state index is 13.9. The van der Waals surface area contributed by atoms with Crippen LogP contribution in [0.3, 0.4) is 0 Å². The van der Waals surface area contributed by atoms with Gasteiger partial charge in [-0.15, -0.1) is 0 Å². The zero-order valence-electron chi connectivity index (χ0n) is 9.80. The average Bonchev–Trinajstić information content (AvgIpc) is 2.73. The maximum absolute atomic E-state index is 13.9. The summed E-state index contributed by atoms with van der Waals surface area (Å²) in [4.78, 5) is 0. The summed E-state index contributed by atoms with van der Waals surface area (Å²) in [6.07, 6.45) is 2.64. The summed E-state index contributed by atoms with van der Waals surface area (Å²) in [6.45, 7) is 1.98. The molecular weight excluding hydrogens is 226 g/mol. The van der Waals surface area contributed by atoms with Crippen LogP contribution in [0.5, 0.6) is 5.75 Å². The molecule has 0 saturated heterocycles. The molecule has 2 nitrogen and oxygen atoms in total. The number of benzene rings is 1. The largest absolute Gasteiger partial charge is 0.491 e. The summed E-state index contributed by atoms with van der Waals surface area (Å²) >= 11 is 0. The first-order valence-corrected chi connectivity index (χ1v) is 5.92. The maximum Gasteiger partial charge on any atom is 0.200 e. The number of aliphatic hydroxyl groups is 1. The highest BCUT2D eigenvalue weighted by atomic mass is 19.2. The van der Waals surface area contributed by atoms with Crippen LogP contribution in [0, 0.1) is 11.6 Å². The van der Waals surface area contributed by atoms with Gasteiger partial charge in [-0.2, -0.15) is 4.39 Å². The molecule has 0 radical (unpaired) electrons. The summed E-state index contributed by atoms with van der Waals surface area (Å²) < 4.78 is 32.5. The highest BCUT2D eigenvalue weighted by Crippen LogP contribution is 2.41. The first-order chi connectivity index (χ1) is 8.08. The lowest BCUT2D eigenvalue weighted by molar-refractivity contribution is 0.0399. The standard InChI is InChI=1S/C13H16F2O2/c1-2-17-10-6-5-9(11(14)12(10)15)13(16)7-3-4-8-13/h5-6,16H,2-4,7-8H2,1H3. The molecule has 1 aromatic carbocycles. The van der Waals surface area contributed by atoms with Crippen LogP contribution in [-0.4, -0.2) is 11.7 Å². The Balaban J connectivity index is 2.40. The van der Waals surface area contributed by atoms with E-state index in [9.17, 15) is 13.9 Å². The van der Waals surface area contributed by atoms with E-state index in [1.807, 2.05) is 0 Å². The molecule has 0 aliphatic heterocycles. The predicted octanol–water partition coefficient (Wildman–Crippen LogP) is 3.13. The number of rotatable bonds is 3. The second-order valence-corrected chi connectivity index (χ2v) is 4.41. The molecular formula is C13H16F2O2. The van der Waals surface area contributed by atoms with Gasteiger partial charge >= 0.3 is 0 Å². The predicted molar refractivity (Wildman–Crippen MR) is 59.9 cm³/mol. The van der Waals surface area contributed by atoms with Crippen molar-refractivity contribution in [2.75, 3.05) is 6.61 Å². The number of ether oxygens (including phenoxy) is 1. The number of halogens is 2. The Morgan fingerprint density at radius 1 is 1.24 bits per heavy atom. The van der Waals surface area contributed by atoms with Gasteiger partial charge in [0.05, 0.1) is 12.2 Å². The fourth-order valence-electron chi connectivity index (χ4n) is 2.39. The lowest BCUT2D eigenvalue weighted by Crippen LogP contribution is -2.23. The minimum absolute atomic E-state index is 0.0518. The molecule has 0 bridgehead atoms. The molecule has 1 saturated carbocycles. The normalized spacial score (nSPS) is 18.4. The van der Waals surface area contributed by atoms with E-state index in [1.54, 1.807) is 6.92 Å². The van der Waals surface area contributed by atoms with E-state index in [0.29, 0.717) is 12.8 Å². The van der Waals surface area contributed by atoms with Gasteiger partial charge in [-0.25, -0.2) is 4.39 Å². The van der Waals surface area contributed by atoms with Crippen molar-refractivity contribution in [3.63, 3.8) is 0 Å². The van der Waals surface area contributed by atoms with Crippen molar-refractivity contribution >= 4 is 0 Å². The zero-order valence-corrected chi connectivity index (χ0v) is 9.80. The lowest BCUT2D eigenvalue weighted by atomic mass is 9.91. The lowest BCUT2D eigenvalue weighted by Gasteiger charge is -2.23. The van der Waals surface area contributed by atoms with E-state index in [0.717, 1.165) is 12.8 Å². The molecule has 1 aliphatic rings. The third kappa shape index (κ3) is 2.14. The molecule has 4 heteroatoms. The molecule has 0 amide bonds. The molecule has 0 unspecified atom stereocenters. The molecule has 1 aromatic rings. The number of hydrogen-bond acceptors (Lipinski definition) is 2. The molecule has 94 valence electrons. The van der Waals surface area contributed by atoms with Gasteiger partial charge in [0, 0.05) is 5.56 Å². The fourth-order valence-corrected chi connectivity index (χ4v) is 2.39. The van der Waals surface area contributed by atoms with Gasteiger partial charge in [-0.1, -0.05) is 12.8 Å². The van der Waals surface area contributed by atoms with Crippen LogP contribution in [0.25, 0.3) is 0 Å². The van der Waals surface area contributed by atoms with Crippen LogP contribution in [0.2, 0.25) is 0 Å². The van der Waals surface area contributed by atoms with Crippen LogP contribution in [0.4, 0.5) is 8.78 Å². The van der Waals surface area contributed by atoms with Gasteiger partial charge in [-0.3, -0.25) is 0 Å². The van der Waals surface area contributed by atoms with Crippen molar-refractivity contribution in [3.8, 4) is 5.75 Å². The van der Waals surface area contributed by atoms with Gasteiger partial charge < -0.3 is 9.84 Å². The van der Waals surface area contributed by atoms with Gasteiger partial charge in [0.15, 0.2) is 11.6 Å². The Kier molecular flexibility index (Phi) is 3.33. The second-order valence-electron chi connectivity index (χ2n) is 4.41. The smallest absolute Gasteiger partial charge is 0.200 e. The van der Waals surface area contributed by atoms with E-state index in [-0.39, 0.29) is 17.9 Å². The van der Waals surface area contributed by atoms with Crippen LogP contribution < -0.4 is 4.74 Å². The Hall–Kier alpha value is -1.16. The molecule has 2 rings (SSSR count). The molecule has 0 spiro atoms. The van der Waals surface area contributed by atoms with E-state index in [1.165, 1.54) is 12.1 Å². The van der Waals surface area contributed by atoms with E-state index >= 15 is 0 Å². The number of hydrogen-bond donors (Lipinski definition) is 1. The van der Waals surface area contributed by atoms with Crippen molar-refractivity contribution in [1.82, 2.24) is 0 Å². The van der Waals surface area contributed by atoms with Gasteiger partial charge in [-0.05, 0) is 31.9 Å². The van der Waals surface area contributed by atoms with Gasteiger partial charge in [0.1, 0.15) is 0 Å². The first kappa shape index (κ1) is 12.3. The molecule has 17 heavy (non-hydrogen) atoms. The summed E-state index contributed by atoms with van der Waals surface area (Å²) in [5.41, 5.74) is -1.16. The van der Waals surface area contributed by atoms with Crippen LogP contribution in [0.1, 0.15) is 38.2 Å². The molecule has 1 aliphatic carbocycles. The minimum Gasteiger partial charge on any atom is -0.491 e. The molecule has 1 N–H and O–H groups in total. The highest BCUT2D eigenvalue weighted by Gasteiger charge is 2.36. The van der Waals surface area contributed by atoms with E-state index in [4.69, 9.17) is 4.74 Å². The summed E-state index contributed by atoms with van der Waals surface area (Å²) in [6, 6.07) is 2.81. The van der Waals surface area contributed by atoms with Crippen molar-refractivity contribution in [1.29, 1.82) is 0 Å². The molecule has 0 atom stereocenters. The van der Waals surface area contributed by atoms with Crippen LogP contribution >= 0.6 is 0 Å². The second kappa shape index (κ2) is 4.61. The van der Waals surface area contributed by atoms with Gasteiger partial charge in [0.2, 0.25) is 5.82 Å².